The van der Waals surface area contributed by atoms with Crippen LogP contribution in [0.4, 0.5) is 0 Å². The van der Waals surface area contributed by atoms with Gasteiger partial charge in [-0.25, -0.2) is 4.98 Å². The third-order valence-corrected chi connectivity index (χ3v) is 13.9. The summed E-state index contributed by atoms with van der Waals surface area (Å²) in [5.74, 6) is 0. The van der Waals surface area contributed by atoms with Crippen molar-refractivity contribution in [2.45, 2.75) is 0 Å². The van der Waals surface area contributed by atoms with Crippen LogP contribution in [0.1, 0.15) is 0 Å². The van der Waals surface area contributed by atoms with Crippen LogP contribution in [-0.2, 0) is 0 Å². The zero-order chi connectivity index (χ0) is 40.7. The Morgan fingerprint density at radius 1 is 0.274 bits per heavy atom. The van der Waals surface area contributed by atoms with Gasteiger partial charge in [0.1, 0.15) is 0 Å². The quantitative estimate of drug-likeness (QED) is 0.158. The smallest absolute Gasteiger partial charge is 0.0730 e. The largest absolute Gasteiger partial charge is 0.309 e. The van der Waals surface area contributed by atoms with Crippen LogP contribution in [0.5, 0.6) is 0 Å². The van der Waals surface area contributed by atoms with Crippen molar-refractivity contribution in [1.82, 2.24) is 9.55 Å². The molecule has 288 valence electrons. The van der Waals surface area contributed by atoms with Crippen LogP contribution in [0.2, 0.25) is 0 Å². The molecule has 0 aliphatic rings. The van der Waals surface area contributed by atoms with Gasteiger partial charge < -0.3 is 4.57 Å². The molecule has 0 saturated heterocycles. The maximum Gasteiger partial charge on any atom is 0.0730 e. The van der Waals surface area contributed by atoms with E-state index in [1.165, 1.54) is 85.5 Å². The van der Waals surface area contributed by atoms with Gasteiger partial charge in [0.05, 0.1) is 28.1 Å². The second kappa shape index (κ2) is 13.9. The number of rotatable bonds is 5. The first kappa shape index (κ1) is 35.0. The van der Waals surface area contributed by atoms with Crippen molar-refractivity contribution < 1.29 is 0 Å². The van der Waals surface area contributed by atoms with Gasteiger partial charge in [-0.1, -0.05) is 164 Å². The van der Waals surface area contributed by atoms with Crippen molar-refractivity contribution in [1.29, 1.82) is 0 Å². The lowest BCUT2D eigenvalue weighted by Gasteiger charge is -2.15. The van der Waals surface area contributed by atoms with E-state index in [-0.39, 0.29) is 0 Å². The summed E-state index contributed by atoms with van der Waals surface area (Å²) < 4.78 is 5.12. The molecule has 0 fully saturated rings. The van der Waals surface area contributed by atoms with Crippen LogP contribution in [-0.4, -0.2) is 9.55 Å². The monoisotopic (exact) mass is 804 g/mol. The molecule has 3 heteroatoms. The summed E-state index contributed by atoms with van der Waals surface area (Å²) in [4.78, 5) is 5.27. The van der Waals surface area contributed by atoms with Crippen LogP contribution in [0.25, 0.3) is 125 Å². The zero-order valence-corrected chi connectivity index (χ0v) is 34.4. The predicted octanol–water partition coefficient (Wildman–Crippen LogP) is 16.7. The van der Waals surface area contributed by atoms with Crippen LogP contribution >= 0.6 is 11.3 Å². The van der Waals surface area contributed by atoms with Crippen LogP contribution < -0.4 is 0 Å². The standard InChI is InChI=1S/C59H36N2S/c1-4-14-37(15-5-1)40-26-29-56-52(31-40)53-35-50-45-21-11-10-20-44(45)49-30-41(42-25-28-48-47-22-12-13-23-58(47)62-59(48)32-42)24-27-46(49)51(50)36-57(53)61(56)43-33-54(38-16-6-2-7-17-38)60-55(34-43)39-18-8-3-9-19-39/h1-36H. The Hall–Kier alpha value is -7.85. The van der Waals surface area contributed by atoms with E-state index in [1.807, 2.05) is 11.3 Å². The van der Waals surface area contributed by atoms with E-state index in [0.29, 0.717) is 0 Å². The Morgan fingerprint density at radius 2 is 0.742 bits per heavy atom. The number of hydrogen-bond donors (Lipinski definition) is 0. The Labute approximate surface area is 362 Å². The fourth-order valence-corrected chi connectivity index (χ4v) is 10.9. The lowest BCUT2D eigenvalue weighted by atomic mass is 9.91. The Bertz CT molecular complexity index is 3840. The molecule has 0 radical (unpaired) electrons. The number of thiophene rings is 1. The highest BCUT2D eigenvalue weighted by molar-refractivity contribution is 7.25. The van der Waals surface area contributed by atoms with Gasteiger partial charge in [-0.3, -0.25) is 0 Å². The second-order valence-electron chi connectivity index (χ2n) is 16.3. The summed E-state index contributed by atoms with van der Waals surface area (Å²) >= 11 is 1.87. The molecule has 3 heterocycles. The molecule has 62 heavy (non-hydrogen) atoms. The number of pyridine rings is 1. The van der Waals surface area contributed by atoms with Gasteiger partial charge >= 0.3 is 0 Å². The summed E-state index contributed by atoms with van der Waals surface area (Å²) in [6.07, 6.45) is 0. The summed E-state index contributed by atoms with van der Waals surface area (Å²) in [7, 11) is 0. The van der Waals surface area contributed by atoms with E-state index in [0.717, 1.165) is 39.2 Å². The van der Waals surface area contributed by atoms with Gasteiger partial charge in [-0.15, -0.1) is 11.3 Å². The molecule has 0 N–H and O–H groups in total. The summed E-state index contributed by atoms with van der Waals surface area (Å²) in [6, 6.07) is 80.0. The van der Waals surface area contributed by atoms with E-state index in [9.17, 15) is 0 Å². The normalized spacial score (nSPS) is 11.9. The molecule has 2 nitrogen and oxygen atoms in total. The van der Waals surface area contributed by atoms with Crippen LogP contribution in [0, 0.1) is 0 Å². The first-order valence-electron chi connectivity index (χ1n) is 21.2. The van der Waals surface area contributed by atoms with Gasteiger partial charge in [0.2, 0.25) is 0 Å². The molecule has 0 bridgehead atoms. The topological polar surface area (TPSA) is 17.8 Å². The number of aromatic nitrogens is 2. The molecule has 10 aromatic carbocycles. The van der Waals surface area contributed by atoms with Gasteiger partial charge in [-0.2, -0.15) is 0 Å². The van der Waals surface area contributed by atoms with Crippen molar-refractivity contribution in [2.24, 2.45) is 0 Å². The first-order chi connectivity index (χ1) is 30.7. The summed E-state index contributed by atoms with van der Waals surface area (Å²) in [6.45, 7) is 0. The molecule has 0 spiro atoms. The molecule has 0 unspecified atom stereocenters. The van der Waals surface area contributed by atoms with E-state index in [2.05, 4.69) is 223 Å². The van der Waals surface area contributed by atoms with Gasteiger partial charge in [0, 0.05) is 42.1 Å². The molecule has 0 aliphatic heterocycles. The van der Waals surface area contributed by atoms with E-state index >= 15 is 0 Å². The first-order valence-corrected chi connectivity index (χ1v) is 22.0. The predicted molar refractivity (Wildman–Crippen MR) is 266 cm³/mol. The van der Waals surface area contributed by atoms with Gasteiger partial charge in [0.25, 0.3) is 0 Å². The Kier molecular flexibility index (Phi) is 7.81. The molecule has 0 atom stereocenters. The van der Waals surface area contributed by atoms with Gasteiger partial charge in [0.15, 0.2) is 0 Å². The van der Waals surface area contributed by atoms with Crippen molar-refractivity contribution >= 4 is 85.6 Å². The van der Waals surface area contributed by atoms with Crippen LogP contribution in [0.3, 0.4) is 0 Å². The minimum absolute atomic E-state index is 0.941. The lowest BCUT2D eigenvalue weighted by Crippen LogP contribution is -1.98. The molecule has 0 aliphatic carbocycles. The van der Waals surface area contributed by atoms with Gasteiger partial charge in [-0.05, 0) is 109 Å². The average molecular weight is 805 g/mol. The molecule has 0 saturated carbocycles. The van der Waals surface area contributed by atoms with E-state index in [4.69, 9.17) is 4.98 Å². The number of fused-ring (bicyclic) bond motifs is 12. The van der Waals surface area contributed by atoms with Crippen molar-refractivity contribution in [3.05, 3.63) is 218 Å². The molecular weight excluding hydrogens is 769 g/mol. The highest BCUT2D eigenvalue weighted by Crippen LogP contribution is 2.44. The molecule has 13 rings (SSSR count). The minimum Gasteiger partial charge on any atom is -0.309 e. The van der Waals surface area contributed by atoms with E-state index in [1.54, 1.807) is 0 Å². The third-order valence-electron chi connectivity index (χ3n) is 12.7. The van der Waals surface area contributed by atoms with Crippen molar-refractivity contribution in [3.63, 3.8) is 0 Å². The number of benzene rings is 10. The second-order valence-corrected chi connectivity index (χ2v) is 17.4. The summed E-state index contributed by atoms with van der Waals surface area (Å²) in [5, 5.41) is 12.6. The lowest BCUT2D eigenvalue weighted by molar-refractivity contribution is 1.16. The SMILES string of the molecule is c1ccc(-c2ccc3c(c2)c2cc4c5ccccc5c5cc(-c6ccc7c(c6)sc6ccccc67)ccc5c4cc2n3-c2cc(-c3ccccc3)nc(-c3ccccc3)c2)cc1. The zero-order valence-electron chi connectivity index (χ0n) is 33.6. The van der Waals surface area contributed by atoms with Crippen LogP contribution in [0.15, 0.2) is 218 Å². The maximum atomic E-state index is 5.27. The molecule has 0 amide bonds. The maximum absolute atomic E-state index is 5.27. The minimum atomic E-state index is 0.941. The number of hydrogen-bond acceptors (Lipinski definition) is 2. The summed E-state index contributed by atoms with van der Waals surface area (Å²) in [5.41, 5.74) is 12.3. The van der Waals surface area contributed by atoms with E-state index < -0.39 is 0 Å². The highest BCUT2D eigenvalue weighted by atomic mass is 32.1. The highest BCUT2D eigenvalue weighted by Gasteiger charge is 2.20. The Balaban J connectivity index is 1.10. The fourth-order valence-electron chi connectivity index (χ4n) is 9.80. The average Bonchev–Trinajstić information content (AvgIpc) is 3.88. The molecule has 3 aromatic heterocycles. The molecule has 13 aromatic rings. The number of nitrogens with zero attached hydrogens (tertiary/aromatic N) is 2. The fraction of sp³-hybridized carbons (Fsp3) is 0. The van der Waals surface area contributed by atoms with Crippen molar-refractivity contribution in [2.75, 3.05) is 0 Å². The third kappa shape index (κ3) is 5.52. The molecular formula is C59H36N2S. The van der Waals surface area contributed by atoms with Crippen molar-refractivity contribution in [3.8, 4) is 50.5 Å². The Morgan fingerprint density at radius 3 is 1.44 bits per heavy atom.